The molecule has 9 nitrogen and oxygen atoms in total. The Morgan fingerprint density at radius 1 is 0.930 bits per heavy atom. The zero-order valence-electron chi connectivity index (χ0n) is 24.4. The van der Waals surface area contributed by atoms with Gasteiger partial charge < -0.3 is 30.0 Å². The Morgan fingerprint density at radius 2 is 1.70 bits per heavy atom. The van der Waals surface area contributed by atoms with Crippen LogP contribution in [-0.2, 0) is 20.9 Å². The van der Waals surface area contributed by atoms with Crippen molar-refractivity contribution in [3.8, 4) is 22.5 Å². The minimum absolute atomic E-state index is 0.201. The van der Waals surface area contributed by atoms with Gasteiger partial charge in [-0.3, -0.25) is 4.79 Å². The number of anilines is 1. The molecule has 0 fully saturated rings. The Bertz CT molecular complexity index is 1580. The number of benzene rings is 3. The first-order valence-electron chi connectivity index (χ1n) is 14.5. The Labute approximate surface area is 256 Å². The molecule has 0 spiro atoms. The highest BCUT2D eigenvalue weighted by Crippen LogP contribution is 2.41. The quantitative estimate of drug-likeness (QED) is 0.0817. The van der Waals surface area contributed by atoms with Gasteiger partial charge in [0.15, 0.2) is 0 Å². The van der Waals surface area contributed by atoms with E-state index in [1.54, 1.807) is 42.5 Å². The van der Waals surface area contributed by atoms with Crippen molar-refractivity contribution in [1.82, 2.24) is 5.32 Å². The van der Waals surface area contributed by atoms with E-state index in [-0.39, 0.29) is 11.8 Å². The maximum Gasteiger partial charge on any atom is 0.382 e. The van der Waals surface area contributed by atoms with Crippen LogP contribution in [0.5, 0.6) is 0 Å². The molecule has 1 aliphatic carbocycles. The molecule has 1 aliphatic heterocycles. The van der Waals surface area contributed by atoms with Gasteiger partial charge >= 0.3 is 5.91 Å². The zero-order valence-corrected chi connectivity index (χ0v) is 25.1. The lowest BCUT2D eigenvalue weighted by Gasteiger charge is -2.20. The number of hydrogen-bond acceptors (Lipinski definition) is 7. The molecule has 0 saturated heterocycles. The van der Waals surface area contributed by atoms with Crippen LogP contribution < -0.4 is 26.5 Å². The van der Waals surface area contributed by atoms with Crippen molar-refractivity contribution in [1.29, 1.82) is 0 Å². The van der Waals surface area contributed by atoms with Gasteiger partial charge in [-0.1, -0.05) is 24.5 Å². The number of nitrogen functional groups attached to an aromatic ring is 1. The number of nitrogens with two attached hydrogens (primary N) is 1. The number of alkyl halides is 1. The fourth-order valence-corrected chi connectivity index (χ4v) is 5.08. The monoisotopic (exact) mass is 607 g/mol. The molecule has 0 bridgehead atoms. The third-order valence-electron chi connectivity index (χ3n) is 6.93. The van der Waals surface area contributed by atoms with Gasteiger partial charge in [-0.05, 0) is 48.7 Å². The summed E-state index contributed by atoms with van der Waals surface area (Å²) in [6, 6.07) is 15.8. The lowest BCUT2D eigenvalue weighted by molar-refractivity contribution is -0.414. The summed E-state index contributed by atoms with van der Waals surface area (Å²) < 4.78 is 17.3. The summed E-state index contributed by atoms with van der Waals surface area (Å²) >= 11 is 5.67. The molecule has 43 heavy (non-hydrogen) atoms. The minimum Gasteiger partial charge on any atom is -0.851 e. The first kappa shape index (κ1) is 32.2. The van der Waals surface area contributed by atoms with E-state index in [1.165, 1.54) is 6.92 Å². The summed E-state index contributed by atoms with van der Waals surface area (Å²) in [6.07, 6.45) is 4.28. The maximum absolute atomic E-state index is 12.9. The number of halogens is 1. The molecule has 0 aromatic heterocycles. The molecule has 2 aromatic carbocycles. The fourth-order valence-electron chi connectivity index (χ4n) is 4.89. The first-order chi connectivity index (χ1) is 20.9. The number of amides is 2. The Hall–Kier alpha value is -3.76. The highest BCUT2D eigenvalue weighted by atomic mass is 35.5. The average Bonchev–Trinajstić information content (AvgIpc) is 2.99. The second kappa shape index (κ2) is 16.2. The summed E-state index contributed by atoms with van der Waals surface area (Å²) in [6.45, 7) is 3.26. The summed E-state index contributed by atoms with van der Waals surface area (Å²) in [5.74, 6) is 0.734. The van der Waals surface area contributed by atoms with Gasteiger partial charge in [0.2, 0.25) is 5.36 Å². The third kappa shape index (κ3) is 8.87. The number of hydrogen-bond donors (Lipinski definition) is 3. The molecular formula is C33H38ClN3O6. The molecule has 0 radical (unpaired) electrons. The van der Waals surface area contributed by atoms with E-state index in [4.69, 9.17) is 31.2 Å². The largest absolute Gasteiger partial charge is 0.851 e. The number of unbranched alkanes of at least 4 members (excludes halogenated alkanes) is 3. The van der Waals surface area contributed by atoms with Crippen molar-refractivity contribution in [3.05, 3.63) is 71.1 Å². The fraction of sp³-hybridized carbons (Fsp3) is 0.364. The molecular weight excluding hydrogens is 570 g/mol. The Balaban J connectivity index is 1.45. The third-order valence-corrected chi connectivity index (χ3v) is 7.20. The van der Waals surface area contributed by atoms with E-state index in [0.29, 0.717) is 77.9 Å². The molecule has 228 valence electrons. The van der Waals surface area contributed by atoms with Crippen LogP contribution in [0.3, 0.4) is 0 Å². The van der Waals surface area contributed by atoms with Crippen LogP contribution in [0.15, 0.2) is 59.0 Å². The van der Waals surface area contributed by atoms with E-state index in [0.717, 1.165) is 42.2 Å². The number of carbonyl (C=O) groups is 2. The molecule has 1 heterocycles. The molecule has 10 heteroatoms. The van der Waals surface area contributed by atoms with E-state index in [1.807, 2.05) is 12.1 Å². The highest BCUT2D eigenvalue weighted by Gasteiger charge is 2.20. The van der Waals surface area contributed by atoms with Crippen LogP contribution >= 0.6 is 11.6 Å². The summed E-state index contributed by atoms with van der Waals surface area (Å²) in [5.41, 5.74) is 10.2. The predicted molar refractivity (Wildman–Crippen MR) is 164 cm³/mol. The Morgan fingerprint density at radius 3 is 2.47 bits per heavy atom. The van der Waals surface area contributed by atoms with Crippen molar-refractivity contribution >= 4 is 40.1 Å². The highest BCUT2D eigenvalue weighted by molar-refractivity contribution is 6.17. The van der Waals surface area contributed by atoms with Crippen molar-refractivity contribution < 1.29 is 33.6 Å². The Kier molecular flexibility index (Phi) is 12.1. The molecule has 4 N–H and O–H groups in total. The van der Waals surface area contributed by atoms with E-state index < -0.39 is 6.61 Å². The molecule has 4 rings (SSSR count). The normalized spacial score (nSPS) is 11.8. The standard InChI is InChI=1S/C33H37ClN3O6/c1-22(39)37-26-8-11-29-31(20-26)43-30-19-25(35)7-10-28(30)32(29)27-9-6-23(18-24(27)21-38)33(40)36-13-15-42-17-16-41-14-5-3-2-4-12-34/h6-11,18-20H,2-5,12-17,21,35H2,1H3,(H,36,40)/q-1/p+1. The van der Waals surface area contributed by atoms with Crippen molar-refractivity contribution in [2.45, 2.75) is 39.2 Å². The van der Waals surface area contributed by atoms with Gasteiger partial charge in [0, 0.05) is 58.9 Å². The number of fused-ring (bicyclic) bond motifs is 2. The van der Waals surface area contributed by atoms with E-state index >= 15 is 0 Å². The lowest BCUT2D eigenvalue weighted by Crippen LogP contribution is -2.79. The summed E-state index contributed by atoms with van der Waals surface area (Å²) in [7, 11) is 0. The second-order valence-corrected chi connectivity index (χ2v) is 10.6. The zero-order chi connectivity index (χ0) is 30.6. The number of rotatable bonds is 15. The SMILES string of the molecule is CC(=O)[NH+]=c1ccc2c(-c3ccc(C(=O)NCCOCCOCCCCCCCl)cc3C[O-])c3ccc(N)cc3oc-2c1. The van der Waals surface area contributed by atoms with E-state index in [9.17, 15) is 14.7 Å². The van der Waals surface area contributed by atoms with Crippen LogP contribution in [0.25, 0.3) is 33.4 Å². The summed E-state index contributed by atoms with van der Waals surface area (Å²) in [5, 5.41) is 16.6. The minimum atomic E-state index is -0.528. The van der Waals surface area contributed by atoms with Gasteiger partial charge in [-0.2, -0.15) is 4.99 Å². The van der Waals surface area contributed by atoms with Gasteiger partial charge in [0.05, 0.1) is 32.8 Å². The van der Waals surface area contributed by atoms with Crippen molar-refractivity contribution in [3.63, 3.8) is 0 Å². The molecule has 0 unspecified atom stereocenters. The smallest absolute Gasteiger partial charge is 0.382 e. The maximum atomic E-state index is 12.9. The van der Waals surface area contributed by atoms with Crippen molar-refractivity contribution in [2.75, 3.05) is 44.6 Å². The second-order valence-electron chi connectivity index (χ2n) is 10.2. The van der Waals surface area contributed by atoms with Gasteiger partial charge in [0.1, 0.15) is 11.3 Å². The van der Waals surface area contributed by atoms with E-state index in [2.05, 4.69) is 10.3 Å². The molecule has 2 aliphatic rings. The lowest BCUT2D eigenvalue weighted by atomic mass is 9.90. The molecule has 0 saturated carbocycles. The van der Waals surface area contributed by atoms with Gasteiger partial charge in [-0.15, -0.1) is 18.2 Å². The molecule has 2 amide bonds. The number of carbonyl (C=O) groups excluding carboxylic acids is 2. The number of ether oxygens (including phenoxy) is 2. The topological polar surface area (TPSA) is 141 Å². The van der Waals surface area contributed by atoms with Crippen LogP contribution in [0.2, 0.25) is 0 Å². The van der Waals surface area contributed by atoms with Gasteiger partial charge in [0.25, 0.3) is 5.91 Å². The molecule has 0 atom stereocenters. The van der Waals surface area contributed by atoms with Crippen LogP contribution in [0.1, 0.15) is 48.5 Å². The average molecular weight is 608 g/mol. The molecule has 2 aromatic rings. The first-order valence-corrected chi connectivity index (χ1v) is 15.0. The number of nitrogens with one attached hydrogen (secondary N) is 2. The van der Waals surface area contributed by atoms with Gasteiger partial charge in [-0.25, -0.2) is 4.79 Å². The van der Waals surface area contributed by atoms with Crippen LogP contribution in [0, 0.1) is 0 Å². The predicted octanol–water partition coefficient (Wildman–Crippen LogP) is 2.74. The van der Waals surface area contributed by atoms with Crippen LogP contribution in [-0.4, -0.2) is 50.7 Å². The summed E-state index contributed by atoms with van der Waals surface area (Å²) in [4.78, 5) is 27.2. The van der Waals surface area contributed by atoms with Crippen LogP contribution in [0.4, 0.5) is 5.69 Å². The van der Waals surface area contributed by atoms with Crippen molar-refractivity contribution in [2.24, 2.45) is 0 Å².